The van der Waals surface area contributed by atoms with Crippen LogP contribution in [0.5, 0.6) is 5.75 Å². The number of ether oxygens (including phenoxy) is 1. The monoisotopic (exact) mass is 278 g/mol. The van der Waals surface area contributed by atoms with E-state index in [0.29, 0.717) is 5.57 Å². The van der Waals surface area contributed by atoms with Gasteiger partial charge < -0.3 is 4.74 Å². The SMILES string of the molecule is COc1c(C)c(C)c(C)c(C)c1/C(C)=C(\C)C(=O)S. The van der Waals surface area contributed by atoms with Crippen molar-refractivity contribution in [1.29, 1.82) is 0 Å². The largest absolute Gasteiger partial charge is 0.496 e. The quantitative estimate of drug-likeness (QED) is 0.663. The van der Waals surface area contributed by atoms with Crippen molar-refractivity contribution >= 4 is 23.3 Å². The maximum Gasteiger partial charge on any atom is 0.212 e. The number of carbonyl (C=O) groups is 1. The number of rotatable bonds is 3. The van der Waals surface area contributed by atoms with Gasteiger partial charge in [-0.2, -0.15) is 0 Å². The molecule has 0 unspecified atom stereocenters. The van der Waals surface area contributed by atoms with Crippen molar-refractivity contribution in [2.24, 2.45) is 0 Å². The van der Waals surface area contributed by atoms with E-state index in [2.05, 4.69) is 40.3 Å². The fourth-order valence-electron chi connectivity index (χ4n) is 2.33. The van der Waals surface area contributed by atoms with E-state index < -0.39 is 0 Å². The van der Waals surface area contributed by atoms with Crippen LogP contribution in [0, 0.1) is 27.7 Å². The topological polar surface area (TPSA) is 26.3 Å². The molecule has 0 spiro atoms. The Morgan fingerprint density at radius 3 is 1.84 bits per heavy atom. The Bertz CT molecular complexity index is 569. The maximum absolute atomic E-state index is 11.5. The molecule has 1 aromatic rings. The number of carbonyl (C=O) groups excluding carboxylic acids is 1. The summed E-state index contributed by atoms with van der Waals surface area (Å²) in [6.45, 7) is 12.1. The Morgan fingerprint density at radius 2 is 1.42 bits per heavy atom. The van der Waals surface area contributed by atoms with Gasteiger partial charge in [-0.1, -0.05) is 0 Å². The van der Waals surface area contributed by atoms with Crippen LogP contribution in [0.25, 0.3) is 5.57 Å². The lowest BCUT2D eigenvalue weighted by molar-refractivity contribution is -0.107. The molecule has 104 valence electrons. The number of hydrogen-bond donors (Lipinski definition) is 1. The van der Waals surface area contributed by atoms with Gasteiger partial charge in [-0.25, -0.2) is 0 Å². The molecule has 0 aliphatic carbocycles. The molecule has 0 amide bonds. The number of benzene rings is 1. The molecule has 0 saturated carbocycles. The molecule has 0 aromatic heterocycles. The van der Waals surface area contributed by atoms with Gasteiger partial charge in [0.05, 0.1) is 7.11 Å². The minimum absolute atomic E-state index is 0.199. The lowest BCUT2D eigenvalue weighted by Crippen LogP contribution is -2.04. The number of allylic oxidation sites excluding steroid dienone is 1. The third-order valence-electron chi connectivity index (χ3n) is 4.09. The van der Waals surface area contributed by atoms with E-state index in [1.807, 2.05) is 6.92 Å². The standard InChI is InChI=1S/C16H22O2S/c1-8-9(2)12(5)15(18-7)14(10(8)3)11(4)13(6)16(17)19/h1-7H3,(H,17,19)/b13-11+. The van der Waals surface area contributed by atoms with E-state index in [9.17, 15) is 4.79 Å². The van der Waals surface area contributed by atoms with E-state index in [1.54, 1.807) is 14.0 Å². The van der Waals surface area contributed by atoms with Gasteiger partial charge in [0.1, 0.15) is 5.75 Å². The zero-order valence-corrected chi connectivity index (χ0v) is 13.7. The highest BCUT2D eigenvalue weighted by Crippen LogP contribution is 2.38. The predicted molar refractivity (Wildman–Crippen MR) is 84.2 cm³/mol. The molecule has 0 bridgehead atoms. The van der Waals surface area contributed by atoms with Crippen LogP contribution >= 0.6 is 12.6 Å². The summed E-state index contributed by atoms with van der Waals surface area (Å²) < 4.78 is 5.57. The molecule has 1 aromatic carbocycles. The molecule has 0 atom stereocenters. The second kappa shape index (κ2) is 5.83. The molecule has 0 radical (unpaired) electrons. The Labute approximate surface area is 121 Å². The fourth-order valence-corrected chi connectivity index (χ4v) is 2.50. The van der Waals surface area contributed by atoms with Crippen molar-refractivity contribution in [3.63, 3.8) is 0 Å². The van der Waals surface area contributed by atoms with Gasteiger partial charge in [0.25, 0.3) is 0 Å². The van der Waals surface area contributed by atoms with Crippen molar-refractivity contribution in [3.05, 3.63) is 33.4 Å². The summed E-state index contributed by atoms with van der Waals surface area (Å²) in [4.78, 5) is 11.5. The van der Waals surface area contributed by atoms with Gasteiger partial charge in [0.15, 0.2) is 0 Å². The van der Waals surface area contributed by atoms with Crippen molar-refractivity contribution in [3.8, 4) is 5.75 Å². The molecule has 0 heterocycles. The van der Waals surface area contributed by atoms with E-state index in [1.165, 1.54) is 11.1 Å². The van der Waals surface area contributed by atoms with E-state index >= 15 is 0 Å². The van der Waals surface area contributed by atoms with Gasteiger partial charge in [-0.15, -0.1) is 12.6 Å². The predicted octanol–water partition coefficient (Wildman–Crippen LogP) is 4.18. The summed E-state index contributed by atoms with van der Waals surface area (Å²) in [5, 5.41) is -0.199. The van der Waals surface area contributed by atoms with Crippen LogP contribution in [0.1, 0.15) is 41.7 Å². The Balaban J connectivity index is 3.79. The lowest BCUT2D eigenvalue weighted by Gasteiger charge is -2.21. The zero-order chi connectivity index (χ0) is 14.9. The Morgan fingerprint density at radius 1 is 0.947 bits per heavy atom. The molecular weight excluding hydrogens is 256 g/mol. The second-order valence-electron chi connectivity index (χ2n) is 4.96. The molecular formula is C16H22O2S. The number of methoxy groups -OCH3 is 1. The first-order valence-corrected chi connectivity index (χ1v) is 6.74. The van der Waals surface area contributed by atoms with Gasteiger partial charge in [-0.3, -0.25) is 4.79 Å². The van der Waals surface area contributed by atoms with Gasteiger partial charge in [-0.05, 0) is 69.4 Å². The smallest absolute Gasteiger partial charge is 0.212 e. The molecule has 2 nitrogen and oxygen atoms in total. The fraction of sp³-hybridized carbons (Fsp3) is 0.438. The summed E-state index contributed by atoms with van der Waals surface area (Å²) >= 11 is 3.91. The van der Waals surface area contributed by atoms with Crippen LogP contribution in [-0.4, -0.2) is 12.2 Å². The molecule has 0 saturated heterocycles. The summed E-state index contributed by atoms with van der Waals surface area (Å²) in [6.07, 6.45) is 0. The summed E-state index contributed by atoms with van der Waals surface area (Å²) in [5.41, 5.74) is 7.37. The van der Waals surface area contributed by atoms with Crippen molar-refractivity contribution < 1.29 is 9.53 Å². The van der Waals surface area contributed by atoms with Gasteiger partial charge in [0.2, 0.25) is 5.12 Å². The highest BCUT2D eigenvalue weighted by molar-refractivity contribution is 7.97. The molecule has 0 fully saturated rings. The minimum Gasteiger partial charge on any atom is -0.496 e. The second-order valence-corrected chi connectivity index (χ2v) is 5.37. The van der Waals surface area contributed by atoms with Gasteiger partial charge >= 0.3 is 0 Å². The maximum atomic E-state index is 11.5. The normalized spacial score (nSPS) is 12.2. The molecule has 0 N–H and O–H groups in total. The Hall–Kier alpha value is -1.22. The third kappa shape index (κ3) is 2.71. The first kappa shape index (κ1) is 15.8. The van der Waals surface area contributed by atoms with E-state index in [4.69, 9.17) is 4.74 Å². The van der Waals surface area contributed by atoms with Crippen molar-refractivity contribution in [2.75, 3.05) is 7.11 Å². The molecule has 0 aliphatic rings. The molecule has 1 rings (SSSR count). The van der Waals surface area contributed by atoms with Crippen LogP contribution in [0.15, 0.2) is 5.57 Å². The van der Waals surface area contributed by atoms with E-state index in [-0.39, 0.29) is 5.12 Å². The van der Waals surface area contributed by atoms with Crippen LogP contribution in [0.3, 0.4) is 0 Å². The summed E-state index contributed by atoms with van der Waals surface area (Å²) in [6, 6.07) is 0. The highest BCUT2D eigenvalue weighted by Gasteiger charge is 2.19. The first-order chi connectivity index (χ1) is 8.73. The molecule has 3 heteroatoms. The van der Waals surface area contributed by atoms with E-state index in [0.717, 1.165) is 28.0 Å². The number of thiol groups is 1. The highest BCUT2D eigenvalue weighted by atomic mass is 32.1. The lowest BCUT2D eigenvalue weighted by atomic mass is 9.88. The summed E-state index contributed by atoms with van der Waals surface area (Å²) in [5.74, 6) is 0.854. The van der Waals surface area contributed by atoms with Crippen molar-refractivity contribution in [1.82, 2.24) is 0 Å². The average Bonchev–Trinajstić information content (AvgIpc) is 2.38. The molecule has 0 aliphatic heterocycles. The van der Waals surface area contributed by atoms with Crippen LogP contribution in [-0.2, 0) is 4.79 Å². The average molecular weight is 278 g/mol. The third-order valence-corrected chi connectivity index (χ3v) is 4.43. The first-order valence-electron chi connectivity index (χ1n) is 6.29. The Kier molecular flexibility index (Phi) is 4.86. The van der Waals surface area contributed by atoms with Crippen molar-refractivity contribution in [2.45, 2.75) is 41.5 Å². The van der Waals surface area contributed by atoms with Crippen LogP contribution < -0.4 is 4.74 Å². The number of hydrogen-bond acceptors (Lipinski definition) is 2. The molecule has 19 heavy (non-hydrogen) atoms. The minimum atomic E-state index is -0.199. The zero-order valence-electron chi connectivity index (χ0n) is 12.8. The van der Waals surface area contributed by atoms with Gasteiger partial charge in [0, 0.05) is 11.1 Å². The summed E-state index contributed by atoms with van der Waals surface area (Å²) in [7, 11) is 1.67. The van der Waals surface area contributed by atoms with Crippen LogP contribution in [0.4, 0.5) is 0 Å². The van der Waals surface area contributed by atoms with Crippen LogP contribution in [0.2, 0.25) is 0 Å².